The molecular weight excluding hydrogens is 334 g/mol. The van der Waals surface area contributed by atoms with E-state index in [1.54, 1.807) is 10.7 Å². The van der Waals surface area contributed by atoms with Crippen molar-refractivity contribution in [1.29, 1.82) is 0 Å². The lowest BCUT2D eigenvalue weighted by molar-refractivity contribution is 0.936. The van der Waals surface area contributed by atoms with E-state index in [-0.39, 0.29) is 0 Å². The third kappa shape index (κ3) is 3.00. The van der Waals surface area contributed by atoms with Gasteiger partial charge in [0.15, 0.2) is 5.65 Å². The summed E-state index contributed by atoms with van der Waals surface area (Å²) in [7, 11) is 0. The highest BCUT2D eigenvalue weighted by atomic mass is 15.2. The summed E-state index contributed by atoms with van der Waals surface area (Å²) in [5.41, 5.74) is 4.08. The Morgan fingerprint density at radius 1 is 0.889 bits per heavy atom. The number of nitrogens with zero attached hydrogens (tertiary/aromatic N) is 4. The lowest BCUT2D eigenvalue weighted by Crippen LogP contribution is -2.03. The van der Waals surface area contributed by atoms with Crippen LogP contribution in [-0.4, -0.2) is 19.6 Å². The molecule has 5 nitrogen and oxygen atoms in total. The molecule has 3 heterocycles. The van der Waals surface area contributed by atoms with Crippen molar-refractivity contribution in [2.75, 3.05) is 5.32 Å². The van der Waals surface area contributed by atoms with Crippen LogP contribution in [0.2, 0.25) is 0 Å². The Bertz CT molecular complexity index is 1230. The third-order valence-corrected chi connectivity index (χ3v) is 4.63. The molecule has 0 atom stereocenters. The van der Waals surface area contributed by atoms with Crippen LogP contribution in [0, 0.1) is 0 Å². The second-order valence-corrected chi connectivity index (χ2v) is 6.42. The zero-order valence-corrected chi connectivity index (χ0v) is 14.6. The van der Waals surface area contributed by atoms with Crippen LogP contribution in [0.5, 0.6) is 0 Å². The highest BCUT2D eigenvalue weighted by Gasteiger charge is 2.09. The molecule has 1 N–H and O–H groups in total. The van der Waals surface area contributed by atoms with Gasteiger partial charge in [0, 0.05) is 30.7 Å². The molecular formula is C22H17N5. The predicted molar refractivity (Wildman–Crippen MR) is 107 cm³/mol. The first-order valence-electron chi connectivity index (χ1n) is 8.83. The fraction of sp³-hybridized carbons (Fsp3) is 0.0455. The minimum absolute atomic E-state index is 0.677. The van der Waals surface area contributed by atoms with Crippen molar-refractivity contribution in [2.24, 2.45) is 0 Å². The van der Waals surface area contributed by atoms with Crippen LogP contribution in [0.25, 0.3) is 27.5 Å². The van der Waals surface area contributed by atoms with E-state index in [2.05, 4.69) is 57.9 Å². The van der Waals surface area contributed by atoms with Gasteiger partial charge in [0.1, 0.15) is 5.82 Å². The minimum Gasteiger partial charge on any atom is -0.366 e. The quantitative estimate of drug-likeness (QED) is 0.516. The maximum absolute atomic E-state index is 4.78. The molecule has 5 aromatic rings. The van der Waals surface area contributed by atoms with Gasteiger partial charge >= 0.3 is 0 Å². The highest BCUT2D eigenvalue weighted by Crippen LogP contribution is 2.27. The van der Waals surface area contributed by atoms with E-state index in [4.69, 9.17) is 4.98 Å². The highest BCUT2D eigenvalue weighted by molar-refractivity contribution is 5.89. The Hall–Kier alpha value is -3.73. The Morgan fingerprint density at radius 2 is 1.81 bits per heavy atom. The lowest BCUT2D eigenvalue weighted by Gasteiger charge is -2.07. The van der Waals surface area contributed by atoms with Gasteiger partial charge in [-0.05, 0) is 40.1 Å². The monoisotopic (exact) mass is 351 g/mol. The lowest BCUT2D eigenvalue weighted by atomic mass is 10.0. The Morgan fingerprint density at radius 3 is 2.70 bits per heavy atom. The van der Waals surface area contributed by atoms with Crippen molar-refractivity contribution in [3.63, 3.8) is 0 Å². The van der Waals surface area contributed by atoms with E-state index in [1.807, 2.05) is 36.8 Å². The van der Waals surface area contributed by atoms with Gasteiger partial charge in [0.05, 0.1) is 6.20 Å². The average molecular weight is 351 g/mol. The minimum atomic E-state index is 0.677. The molecule has 0 bridgehead atoms. The van der Waals surface area contributed by atoms with Crippen LogP contribution in [-0.2, 0) is 6.54 Å². The fourth-order valence-corrected chi connectivity index (χ4v) is 3.22. The summed E-state index contributed by atoms with van der Waals surface area (Å²) in [6, 6.07) is 20.7. The number of nitrogens with one attached hydrogen (secondary N) is 1. The molecule has 3 aromatic heterocycles. The molecule has 0 saturated carbocycles. The SMILES string of the molecule is c1cncc(CNc2ccn3ncc(-c4ccc5ccccc5c4)c3n2)c1. The van der Waals surface area contributed by atoms with Gasteiger partial charge in [0.2, 0.25) is 0 Å². The normalized spacial score (nSPS) is 11.1. The molecule has 0 saturated heterocycles. The predicted octanol–water partition coefficient (Wildman–Crippen LogP) is 4.56. The smallest absolute Gasteiger partial charge is 0.165 e. The number of rotatable bonds is 4. The van der Waals surface area contributed by atoms with Gasteiger partial charge in [-0.2, -0.15) is 5.10 Å². The molecule has 0 aliphatic heterocycles. The van der Waals surface area contributed by atoms with Gasteiger partial charge in [-0.25, -0.2) is 9.50 Å². The first kappa shape index (κ1) is 15.5. The molecule has 27 heavy (non-hydrogen) atoms. The summed E-state index contributed by atoms with van der Waals surface area (Å²) in [6.45, 7) is 0.677. The first-order chi connectivity index (χ1) is 13.4. The number of hydrogen-bond donors (Lipinski definition) is 1. The summed E-state index contributed by atoms with van der Waals surface area (Å²) >= 11 is 0. The third-order valence-electron chi connectivity index (χ3n) is 4.63. The van der Waals surface area contributed by atoms with Crippen molar-refractivity contribution in [3.05, 3.63) is 91.0 Å². The Kier molecular flexibility index (Phi) is 3.76. The standard InChI is InChI=1S/C22H17N5/c1-2-6-18-12-19(8-7-17(18)5-1)20-15-25-27-11-9-21(26-22(20)27)24-14-16-4-3-10-23-13-16/h1-13,15H,14H2,(H,24,26). The van der Waals surface area contributed by atoms with Crippen molar-refractivity contribution >= 4 is 22.2 Å². The van der Waals surface area contributed by atoms with Crippen LogP contribution in [0.15, 0.2) is 85.5 Å². The van der Waals surface area contributed by atoms with Crippen LogP contribution >= 0.6 is 0 Å². The maximum atomic E-state index is 4.78. The molecule has 0 amide bonds. The van der Waals surface area contributed by atoms with E-state index in [9.17, 15) is 0 Å². The van der Waals surface area contributed by atoms with E-state index in [0.29, 0.717) is 6.54 Å². The molecule has 130 valence electrons. The van der Waals surface area contributed by atoms with Crippen molar-refractivity contribution in [3.8, 4) is 11.1 Å². The largest absolute Gasteiger partial charge is 0.366 e. The van der Waals surface area contributed by atoms with Crippen LogP contribution < -0.4 is 5.32 Å². The van der Waals surface area contributed by atoms with Crippen molar-refractivity contribution in [1.82, 2.24) is 19.6 Å². The van der Waals surface area contributed by atoms with E-state index < -0.39 is 0 Å². The maximum Gasteiger partial charge on any atom is 0.165 e. The number of hydrogen-bond acceptors (Lipinski definition) is 4. The molecule has 0 radical (unpaired) electrons. The topological polar surface area (TPSA) is 55.1 Å². The molecule has 0 spiro atoms. The van der Waals surface area contributed by atoms with E-state index in [1.165, 1.54) is 10.8 Å². The number of aromatic nitrogens is 4. The Balaban J connectivity index is 1.50. The van der Waals surface area contributed by atoms with Gasteiger partial charge in [-0.3, -0.25) is 4.98 Å². The van der Waals surface area contributed by atoms with Gasteiger partial charge in [0.25, 0.3) is 0 Å². The summed E-state index contributed by atoms with van der Waals surface area (Å²) in [5.74, 6) is 0.814. The molecule has 0 fully saturated rings. The van der Waals surface area contributed by atoms with E-state index in [0.717, 1.165) is 28.2 Å². The van der Waals surface area contributed by atoms with Gasteiger partial charge in [-0.15, -0.1) is 0 Å². The van der Waals surface area contributed by atoms with Crippen LogP contribution in [0.1, 0.15) is 5.56 Å². The number of pyridine rings is 1. The number of fused-ring (bicyclic) bond motifs is 2. The molecule has 0 aliphatic carbocycles. The van der Waals surface area contributed by atoms with Gasteiger partial charge in [-0.1, -0.05) is 42.5 Å². The number of anilines is 1. The molecule has 2 aromatic carbocycles. The van der Waals surface area contributed by atoms with E-state index >= 15 is 0 Å². The van der Waals surface area contributed by atoms with Crippen LogP contribution in [0.4, 0.5) is 5.82 Å². The molecule has 5 heteroatoms. The van der Waals surface area contributed by atoms with Crippen molar-refractivity contribution in [2.45, 2.75) is 6.54 Å². The zero-order valence-electron chi connectivity index (χ0n) is 14.6. The number of benzene rings is 2. The molecule has 0 unspecified atom stereocenters. The summed E-state index contributed by atoms with van der Waals surface area (Å²) in [6.07, 6.45) is 7.43. The van der Waals surface area contributed by atoms with Crippen LogP contribution in [0.3, 0.4) is 0 Å². The Labute approximate surface area is 156 Å². The summed E-state index contributed by atoms with van der Waals surface area (Å²) in [4.78, 5) is 8.92. The molecule has 0 aliphatic rings. The second kappa shape index (κ2) is 6.53. The van der Waals surface area contributed by atoms with Crippen molar-refractivity contribution < 1.29 is 0 Å². The summed E-state index contributed by atoms with van der Waals surface area (Å²) in [5, 5.41) is 10.2. The van der Waals surface area contributed by atoms with Gasteiger partial charge < -0.3 is 5.32 Å². The first-order valence-corrected chi connectivity index (χ1v) is 8.83. The molecule has 5 rings (SSSR count). The fourth-order valence-electron chi connectivity index (χ4n) is 3.22. The summed E-state index contributed by atoms with van der Waals surface area (Å²) < 4.78 is 1.81. The average Bonchev–Trinajstić information content (AvgIpc) is 3.16. The second-order valence-electron chi connectivity index (χ2n) is 6.42. The zero-order chi connectivity index (χ0) is 18.1.